The first kappa shape index (κ1) is 18.0. The minimum absolute atomic E-state index is 0.435. The van der Waals surface area contributed by atoms with Gasteiger partial charge in [0.05, 0.1) is 11.4 Å². The summed E-state index contributed by atoms with van der Waals surface area (Å²) in [4.78, 5) is 12.0. The molecule has 1 saturated heterocycles. The van der Waals surface area contributed by atoms with E-state index in [9.17, 15) is 0 Å². The van der Waals surface area contributed by atoms with Crippen LogP contribution < -0.4 is 4.90 Å². The highest BCUT2D eigenvalue weighted by molar-refractivity contribution is 7.99. The normalized spacial score (nSPS) is 19.2. The van der Waals surface area contributed by atoms with Gasteiger partial charge in [0.25, 0.3) is 0 Å². The Balaban J connectivity index is 1.47. The SMILES string of the molecule is Clc1ccc2c(c1)N(C1CCCN(Cc3cccnc3)C1)c1ccccc1S2. The second-order valence-electron chi connectivity index (χ2n) is 7.44. The number of para-hydroxylation sites is 1. The Bertz CT molecular complexity index is 979. The maximum atomic E-state index is 6.39. The van der Waals surface area contributed by atoms with Gasteiger partial charge in [-0.1, -0.05) is 41.6 Å². The van der Waals surface area contributed by atoms with E-state index in [2.05, 4.69) is 57.2 Å². The summed E-state index contributed by atoms with van der Waals surface area (Å²) in [7, 11) is 0. The molecule has 0 bridgehead atoms. The number of piperidine rings is 1. The van der Waals surface area contributed by atoms with E-state index in [1.165, 1.54) is 39.6 Å². The summed E-state index contributed by atoms with van der Waals surface area (Å²) < 4.78 is 0. The molecule has 2 aliphatic heterocycles. The van der Waals surface area contributed by atoms with Crippen LogP contribution in [0.4, 0.5) is 11.4 Å². The highest BCUT2D eigenvalue weighted by atomic mass is 35.5. The lowest BCUT2D eigenvalue weighted by molar-refractivity contribution is 0.200. The molecule has 1 atom stereocenters. The van der Waals surface area contributed by atoms with Gasteiger partial charge in [-0.15, -0.1) is 0 Å². The average Bonchev–Trinajstić information content (AvgIpc) is 2.73. The van der Waals surface area contributed by atoms with Crippen LogP contribution in [0.1, 0.15) is 18.4 Å². The van der Waals surface area contributed by atoms with Gasteiger partial charge in [-0.2, -0.15) is 0 Å². The van der Waals surface area contributed by atoms with Gasteiger partial charge >= 0.3 is 0 Å². The molecule has 5 heteroatoms. The highest BCUT2D eigenvalue weighted by Crippen LogP contribution is 2.50. The summed E-state index contributed by atoms with van der Waals surface area (Å²) in [5.41, 5.74) is 3.82. The number of hydrogen-bond donors (Lipinski definition) is 0. The first-order valence-electron chi connectivity index (χ1n) is 9.75. The monoisotopic (exact) mass is 407 g/mol. The van der Waals surface area contributed by atoms with Gasteiger partial charge < -0.3 is 4.90 Å². The standard InChI is InChI=1S/C23H22ClN3S/c24-18-9-10-23-21(13-18)27(20-7-1-2-8-22(20)28-23)19-6-4-12-26(16-19)15-17-5-3-11-25-14-17/h1-3,5,7-11,13-14,19H,4,6,12,15-16H2. The zero-order valence-corrected chi connectivity index (χ0v) is 17.2. The van der Waals surface area contributed by atoms with E-state index in [4.69, 9.17) is 11.6 Å². The van der Waals surface area contributed by atoms with E-state index < -0.39 is 0 Å². The molecule has 3 aromatic rings. The summed E-state index contributed by atoms with van der Waals surface area (Å²) in [5.74, 6) is 0. The van der Waals surface area contributed by atoms with Crippen molar-refractivity contribution >= 4 is 34.7 Å². The molecule has 28 heavy (non-hydrogen) atoms. The maximum absolute atomic E-state index is 6.39. The van der Waals surface area contributed by atoms with Gasteiger partial charge in [0.1, 0.15) is 0 Å². The van der Waals surface area contributed by atoms with E-state index in [0.29, 0.717) is 6.04 Å². The minimum atomic E-state index is 0.435. The quantitative estimate of drug-likeness (QED) is 0.529. The van der Waals surface area contributed by atoms with Crippen LogP contribution in [0.2, 0.25) is 5.02 Å². The number of benzene rings is 2. The van der Waals surface area contributed by atoms with E-state index >= 15 is 0 Å². The average molecular weight is 408 g/mol. The van der Waals surface area contributed by atoms with Crippen molar-refractivity contribution in [3.63, 3.8) is 0 Å². The van der Waals surface area contributed by atoms with Crippen LogP contribution in [0.15, 0.2) is 76.8 Å². The van der Waals surface area contributed by atoms with E-state index in [1.807, 2.05) is 36.3 Å². The third kappa shape index (κ3) is 3.52. The van der Waals surface area contributed by atoms with Crippen LogP contribution in [-0.2, 0) is 6.54 Å². The Labute approximate surface area is 175 Å². The van der Waals surface area contributed by atoms with Crippen molar-refractivity contribution in [1.29, 1.82) is 0 Å². The predicted octanol–water partition coefficient (Wildman–Crippen LogP) is 6.00. The van der Waals surface area contributed by atoms with Gasteiger partial charge in [0.2, 0.25) is 0 Å². The minimum Gasteiger partial charge on any atom is -0.335 e. The number of halogens is 1. The molecule has 5 rings (SSSR count). The summed E-state index contributed by atoms with van der Waals surface area (Å²) in [5, 5.41) is 0.798. The second kappa shape index (κ2) is 7.78. The van der Waals surface area contributed by atoms with E-state index in [-0.39, 0.29) is 0 Å². The molecule has 1 aromatic heterocycles. The fourth-order valence-corrected chi connectivity index (χ4v) is 5.50. The van der Waals surface area contributed by atoms with Crippen LogP contribution >= 0.6 is 23.4 Å². The van der Waals surface area contributed by atoms with Gasteiger partial charge in [-0.25, -0.2) is 0 Å². The zero-order chi connectivity index (χ0) is 18.9. The molecule has 1 fully saturated rings. The zero-order valence-electron chi connectivity index (χ0n) is 15.6. The van der Waals surface area contributed by atoms with Crippen LogP contribution in [-0.4, -0.2) is 29.0 Å². The fourth-order valence-electron chi connectivity index (χ4n) is 4.28. The second-order valence-corrected chi connectivity index (χ2v) is 8.96. The van der Waals surface area contributed by atoms with Crippen LogP contribution in [0, 0.1) is 0 Å². The topological polar surface area (TPSA) is 19.4 Å². The van der Waals surface area contributed by atoms with Crippen LogP contribution in [0.3, 0.4) is 0 Å². The van der Waals surface area contributed by atoms with E-state index in [0.717, 1.165) is 24.7 Å². The summed E-state index contributed by atoms with van der Waals surface area (Å²) in [6.07, 6.45) is 6.21. The molecule has 0 radical (unpaired) electrons. The lowest BCUT2D eigenvalue weighted by Crippen LogP contribution is -2.46. The van der Waals surface area contributed by atoms with Crippen molar-refractivity contribution < 1.29 is 0 Å². The molecule has 0 aliphatic carbocycles. The Morgan fingerprint density at radius 1 is 1.04 bits per heavy atom. The third-order valence-corrected chi connectivity index (χ3v) is 6.87. The summed E-state index contributed by atoms with van der Waals surface area (Å²) in [6.45, 7) is 3.13. The molecular weight excluding hydrogens is 386 g/mol. The smallest absolute Gasteiger partial charge is 0.0570 e. The molecule has 0 saturated carbocycles. The molecule has 0 N–H and O–H groups in total. The van der Waals surface area contributed by atoms with Crippen molar-refractivity contribution in [2.45, 2.75) is 35.2 Å². The molecule has 0 amide bonds. The number of aromatic nitrogens is 1. The Kier molecular flexibility index (Phi) is 5.02. The molecule has 3 heterocycles. The molecule has 142 valence electrons. The lowest BCUT2D eigenvalue weighted by Gasteiger charge is -2.43. The molecule has 1 unspecified atom stereocenters. The summed E-state index contributed by atoms with van der Waals surface area (Å²) in [6, 6.07) is 19.6. The maximum Gasteiger partial charge on any atom is 0.0570 e. The number of nitrogens with zero attached hydrogens (tertiary/aromatic N) is 3. The van der Waals surface area contributed by atoms with Crippen molar-refractivity contribution in [3.05, 3.63) is 77.6 Å². The summed E-state index contributed by atoms with van der Waals surface area (Å²) >= 11 is 8.23. The predicted molar refractivity (Wildman–Crippen MR) is 117 cm³/mol. The van der Waals surface area contributed by atoms with Crippen molar-refractivity contribution in [3.8, 4) is 0 Å². The molecule has 2 aromatic carbocycles. The van der Waals surface area contributed by atoms with Gasteiger partial charge in [-0.3, -0.25) is 9.88 Å². The first-order chi connectivity index (χ1) is 13.8. The van der Waals surface area contributed by atoms with Crippen LogP contribution in [0.5, 0.6) is 0 Å². The Morgan fingerprint density at radius 3 is 2.82 bits per heavy atom. The third-order valence-electron chi connectivity index (χ3n) is 5.50. The van der Waals surface area contributed by atoms with Crippen molar-refractivity contribution in [1.82, 2.24) is 9.88 Å². The molecule has 0 spiro atoms. The van der Waals surface area contributed by atoms with Gasteiger partial charge in [0.15, 0.2) is 0 Å². The lowest BCUT2D eigenvalue weighted by atomic mass is 10.0. The number of hydrogen-bond acceptors (Lipinski definition) is 4. The Morgan fingerprint density at radius 2 is 1.93 bits per heavy atom. The number of likely N-dealkylation sites (tertiary alicyclic amines) is 1. The van der Waals surface area contributed by atoms with Crippen LogP contribution in [0.25, 0.3) is 0 Å². The number of anilines is 2. The molecular formula is C23H22ClN3S. The van der Waals surface area contributed by atoms with Crippen molar-refractivity contribution in [2.75, 3.05) is 18.0 Å². The molecule has 3 nitrogen and oxygen atoms in total. The number of fused-ring (bicyclic) bond motifs is 2. The van der Waals surface area contributed by atoms with Gasteiger partial charge in [0, 0.05) is 46.3 Å². The number of rotatable bonds is 3. The number of pyridine rings is 1. The van der Waals surface area contributed by atoms with Crippen molar-refractivity contribution in [2.24, 2.45) is 0 Å². The fraction of sp³-hybridized carbons (Fsp3) is 0.261. The Hall–Kier alpha value is -2.01. The van der Waals surface area contributed by atoms with E-state index in [1.54, 1.807) is 0 Å². The first-order valence-corrected chi connectivity index (χ1v) is 10.9. The van der Waals surface area contributed by atoms with Gasteiger partial charge in [-0.05, 0) is 61.3 Å². The highest BCUT2D eigenvalue weighted by Gasteiger charge is 2.32. The largest absolute Gasteiger partial charge is 0.335 e. The molecule has 2 aliphatic rings.